The number of hydrogen-bond donors (Lipinski definition) is 2. The van der Waals surface area contributed by atoms with Crippen molar-refractivity contribution in [2.75, 3.05) is 0 Å². The van der Waals surface area contributed by atoms with Gasteiger partial charge in [0.2, 0.25) is 0 Å². The highest BCUT2D eigenvalue weighted by Gasteiger charge is 2.30. The van der Waals surface area contributed by atoms with Gasteiger partial charge in [-0.2, -0.15) is 13.2 Å². The normalized spacial score (nSPS) is 11.5. The number of benzene rings is 1. The van der Waals surface area contributed by atoms with Crippen molar-refractivity contribution in [1.29, 1.82) is 0 Å². The Morgan fingerprint density at radius 1 is 1.18 bits per heavy atom. The first-order chi connectivity index (χ1) is 10.3. The predicted octanol–water partition coefficient (Wildman–Crippen LogP) is 2.05. The lowest BCUT2D eigenvalue weighted by Crippen LogP contribution is -2.27. The molecule has 0 aliphatic carbocycles. The molecule has 116 valence electrons. The fourth-order valence-electron chi connectivity index (χ4n) is 1.97. The van der Waals surface area contributed by atoms with Gasteiger partial charge in [0.1, 0.15) is 5.56 Å². The number of rotatable bonds is 3. The molecule has 1 aromatic carbocycles. The second-order valence-corrected chi connectivity index (χ2v) is 4.39. The monoisotopic (exact) mass is 313 g/mol. The average molecular weight is 313 g/mol. The number of carboxylic acid groups (broad SMARTS) is 1. The maximum Gasteiger partial charge on any atom is 0.416 e. The topological polar surface area (TPSA) is 79.5 Å². The Labute approximate surface area is 121 Å². The largest absolute Gasteiger partial charge is 0.477 e. The fourth-order valence-corrected chi connectivity index (χ4v) is 1.97. The zero-order chi connectivity index (χ0) is 16.5. The first-order valence-corrected chi connectivity index (χ1v) is 6.02. The van der Waals surface area contributed by atoms with E-state index in [1.54, 1.807) is 0 Å². The number of aliphatic hydroxyl groups excluding tert-OH is 1. The lowest BCUT2D eigenvalue weighted by Gasteiger charge is -2.14. The van der Waals surface area contributed by atoms with Crippen LogP contribution >= 0.6 is 0 Å². The van der Waals surface area contributed by atoms with Gasteiger partial charge in [0.15, 0.2) is 0 Å². The zero-order valence-corrected chi connectivity index (χ0v) is 11.0. The molecule has 0 spiro atoms. The fraction of sp³-hybridized carbons (Fsp3) is 0.143. The first kappa shape index (κ1) is 15.8. The summed E-state index contributed by atoms with van der Waals surface area (Å²) in [5.41, 5.74) is -2.80. The molecule has 0 unspecified atom stereocenters. The number of carbonyl (C=O) groups is 1. The van der Waals surface area contributed by atoms with E-state index < -0.39 is 35.4 Å². The van der Waals surface area contributed by atoms with Crippen LogP contribution in [0.3, 0.4) is 0 Å². The molecule has 2 rings (SSSR count). The van der Waals surface area contributed by atoms with Crippen LogP contribution in [0.2, 0.25) is 0 Å². The molecule has 0 bridgehead atoms. The number of hydrogen-bond acceptors (Lipinski definition) is 3. The molecule has 0 aliphatic heterocycles. The number of aromatic nitrogens is 1. The van der Waals surface area contributed by atoms with E-state index in [0.29, 0.717) is 6.07 Å². The van der Waals surface area contributed by atoms with Crippen LogP contribution in [0.15, 0.2) is 41.2 Å². The van der Waals surface area contributed by atoms with Crippen LogP contribution in [-0.2, 0) is 12.8 Å². The van der Waals surface area contributed by atoms with Crippen molar-refractivity contribution >= 4 is 5.97 Å². The highest BCUT2D eigenvalue weighted by atomic mass is 19.4. The minimum atomic E-state index is -4.61. The molecule has 1 aromatic heterocycles. The van der Waals surface area contributed by atoms with E-state index in [1.165, 1.54) is 12.1 Å². The van der Waals surface area contributed by atoms with Crippen molar-refractivity contribution in [1.82, 2.24) is 4.57 Å². The van der Waals surface area contributed by atoms with Crippen molar-refractivity contribution in [2.45, 2.75) is 12.8 Å². The lowest BCUT2D eigenvalue weighted by molar-refractivity contribution is -0.137. The van der Waals surface area contributed by atoms with Crippen LogP contribution in [-0.4, -0.2) is 20.7 Å². The molecule has 0 fully saturated rings. The van der Waals surface area contributed by atoms with Gasteiger partial charge in [-0.3, -0.25) is 9.36 Å². The van der Waals surface area contributed by atoms with E-state index in [-0.39, 0.29) is 11.4 Å². The smallest absolute Gasteiger partial charge is 0.416 e. The van der Waals surface area contributed by atoms with Crippen molar-refractivity contribution in [3.63, 3.8) is 0 Å². The molecule has 8 heteroatoms. The summed E-state index contributed by atoms with van der Waals surface area (Å²) in [5.74, 6) is -1.50. The third kappa shape index (κ3) is 2.86. The summed E-state index contributed by atoms with van der Waals surface area (Å²) in [6.07, 6.45) is -4.61. The third-order valence-corrected chi connectivity index (χ3v) is 2.99. The van der Waals surface area contributed by atoms with Gasteiger partial charge in [-0.05, 0) is 30.3 Å². The standard InChI is InChI=1S/C14H10F3NO4/c15-14(16,17)8-2-1-3-9(6-8)18-10(7-19)4-5-11(12(18)20)13(21)22/h1-6,19H,7H2,(H,21,22). The van der Waals surface area contributed by atoms with Crippen molar-refractivity contribution in [2.24, 2.45) is 0 Å². The number of alkyl halides is 3. The van der Waals surface area contributed by atoms with Gasteiger partial charge in [-0.25, -0.2) is 4.79 Å². The number of aromatic carboxylic acids is 1. The van der Waals surface area contributed by atoms with E-state index in [9.17, 15) is 27.9 Å². The second-order valence-electron chi connectivity index (χ2n) is 4.39. The van der Waals surface area contributed by atoms with Gasteiger partial charge >= 0.3 is 12.1 Å². The molecular formula is C14H10F3NO4. The van der Waals surface area contributed by atoms with Crippen molar-refractivity contribution < 1.29 is 28.2 Å². The van der Waals surface area contributed by atoms with Crippen LogP contribution in [0.4, 0.5) is 13.2 Å². The Bertz CT molecular complexity index is 780. The zero-order valence-electron chi connectivity index (χ0n) is 11.0. The molecule has 0 atom stereocenters. The number of nitrogens with zero attached hydrogens (tertiary/aromatic N) is 1. The molecule has 22 heavy (non-hydrogen) atoms. The number of pyridine rings is 1. The summed E-state index contributed by atoms with van der Waals surface area (Å²) in [5, 5.41) is 18.2. The van der Waals surface area contributed by atoms with E-state index in [1.807, 2.05) is 0 Å². The summed E-state index contributed by atoms with van der Waals surface area (Å²) in [7, 11) is 0. The molecule has 1 heterocycles. The van der Waals surface area contributed by atoms with Gasteiger partial charge in [-0.15, -0.1) is 0 Å². The molecule has 2 N–H and O–H groups in total. The molecule has 0 saturated heterocycles. The van der Waals surface area contributed by atoms with Crippen LogP contribution in [0.25, 0.3) is 5.69 Å². The van der Waals surface area contributed by atoms with E-state index in [2.05, 4.69) is 0 Å². The summed E-state index contributed by atoms with van der Waals surface area (Å²) < 4.78 is 39.0. The van der Waals surface area contributed by atoms with E-state index in [0.717, 1.165) is 22.8 Å². The van der Waals surface area contributed by atoms with E-state index in [4.69, 9.17) is 5.11 Å². The Kier molecular flexibility index (Phi) is 4.05. The minimum Gasteiger partial charge on any atom is -0.477 e. The van der Waals surface area contributed by atoms with Crippen LogP contribution < -0.4 is 5.56 Å². The first-order valence-electron chi connectivity index (χ1n) is 6.02. The van der Waals surface area contributed by atoms with Crippen LogP contribution in [0.5, 0.6) is 0 Å². The number of aliphatic hydroxyl groups is 1. The second kappa shape index (κ2) is 5.64. The van der Waals surface area contributed by atoms with E-state index >= 15 is 0 Å². The quantitative estimate of drug-likeness (QED) is 0.909. The minimum absolute atomic E-state index is 0.0191. The SMILES string of the molecule is O=C(O)c1ccc(CO)n(-c2cccc(C(F)(F)F)c2)c1=O. The van der Waals surface area contributed by atoms with Gasteiger partial charge in [0.05, 0.1) is 17.9 Å². The maximum absolute atomic E-state index is 12.7. The summed E-state index contributed by atoms with van der Waals surface area (Å²) in [6, 6.07) is 6.03. The number of carboxylic acids is 1. The highest BCUT2D eigenvalue weighted by Crippen LogP contribution is 2.30. The Morgan fingerprint density at radius 2 is 1.86 bits per heavy atom. The molecule has 5 nitrogen and oxygen atoms in total. The van der Waals surface area contributed by atoms with Gasteiger partial charge < -0.3 is 10.2 Å². The van der Waals surface area contributed by atoms with Gasteiger partial charge in [0.25, 0.3) is 5.56 Å². The number of halogens is 3. The molecule has 0 aliphatic rings. The van der Waals surface area contributed by atoms with Crippen molar-refractivity contribution in [3.8, 4) is 5.69 Å². The van der Waals surface area contributed by atoms with Gasteiger partial charge in [0, 0.05) is 5.69 Å². The molecule has 0 amide bonds. The molecule has 0 radical (unpaired) electrons. The molecule has 0 saturated carbocycles. The van der Waals surface area contributed by atoms with Crippen molar-refractivity contribution in [3.05, 3.63) is 63.6 Å². The Balaban J connectivity index is 2.74. The highest BCUT2D eigenvalue weighted by molar-refractivity contribution is 5.87. The molecular weight excluding hydrogens is 303 g/mol. The van der Waals surface area contributed by atoms with Crippen LogP contribution in [0, 0.1) is 0 Å². The molecule has 2 aromatic rings. The third-order valence-electron chi connectivity index (χ3n) is 2.99. The Morgan fingerprint density at radius 3 is 2.41 bits per heavy atom. The summed E-state index contributed by atoms with van der Waals surface area (Å²) in [6.45, 7) is -0.634. The lowest BCUT2D eigenvalue weighted by atomic mass is 10.1. The van der Waals surface area contributed by atoms with Crippen LogP contribution in [0.1, 0.15) is 21.6 Å². The predicted molar refractivity (Wildman–Crippen MR) is 69.9 cm³/mol. The summed E-state index contributed by atoms with van der Waals surface area (Å²) in [4.78, 5) is 23.1. The van der Waals surface area contributed by atoms with Gasteiger partial charge in [-0.1, -0.05) is 6.07 Å². The average Bonchev–Trinajstić information content (AvgIpc) is 2.45. The summed E-state index contributed by atoms with van der Waals surface area (Å²) >= 11 is 0. The maximum atomic E-state index is 12.7. The Hall–Kier alpha value is -2.61.